The van der Waals surface area contributed by atoms with E-state index in [4.69, 9.17) is 11.6 Å². The van der Waals surface area contributed by atoms with Crippen LogP contribution in [0.25, 0.3) is 0 Å². The second-order valence-corrected chi connectivity index (χ2v) is 5.49. The third kappa shape index (κ3) is 2.53. The maximum absolute atomic E-state index is 6.19. The quantitative estimate of drug-likeness (QED) is 0.932. The zero-order valence-corrected chi connectivity index (χ0v) is 11.8. The normalized spacial score (nSPS) is 18.3. The number of halogens is 1. The molecule has 0 bridgehead atoms. The maximum atomic E-state index is 6.19. The molecule has 1 heterocycles. The van der Waals surface area contributed by atoms with Crippen molar-refractivity contribution < 1.29 is 0 Å². The van der Waals surface area contributed by atoms with Crippen molar-refractivity contribution in [2.45, 2.75) is 31.8 Å². The minimum absolute atomic E-state index is 0.397. The Morgan fingerprint density at radius 1 is 1.42 bits per heavy atom. The first-order chi connectivity index (χ1) is 9.25. The van der Waals surface area contributed by atoms with Gasteiger partial charge in [-0.1, -0.05) is 29.8 Å². The molecule has 2 aromatic rings. The minimum Gasteiger partial charge on any atom is -0.306 e. The molecule has 1 aliphatic rings. The highest BCUT2D eigenvalue weighted by atomic mass is 35.5. The van der Waals surface area contributed by atoms with E-state index in [-0.39, 0.29) is 0 Å². The number of aromatic nitrogens is 2. The molecular formula is C15H18ClN3. The van der Waals surface area contributed by atoms with Gasteiger partial charge in [-0.3, -0.25) is 4.68 Å². The Labute approximate surface area is 118 Å². The maximum Gasteiger partial charge on any atom is 0.0540 e. The van der Waals surface area contributed by atoms with Crippen molar-refractivity contribution in [2.24, 2.45) is 7.05 Å². The Morgan fingerprint density at radius 3 is 3.11 bits per heavy atom. The van der Waals surface area contributed by atoms with E-state index in [1.165, 1.54) is 24.1 Å². The molecule has 0 saturated heterocycles. The van der Waals surface area contributed by atoms with Crippen LogP contribution in [0.1, 0.15) is 35.7 Å². The molecule has 0 saturated carbocycles. The largest absolute Gasteiger partial charge is 0.306 e. The van der Waals surface area contributed by atoms with Crippen LogP contribution in [0.2, 0.25) is 5.02 Å². The van der Waals surface area contributed by atoms with E-state index in [0.717, 1.165) is 23.6 Å². The van der Waals surface area contributed by atoms with Gasteiger partial charge in [0, 0.05) is 35.9 Å². The van der Waals surface area contributed by atoms with E-state index in [1.54, 1.807) is 0 Å². The fourth-order valence-electron chi connectivity index (χ4n) is 2.79. The molecule has 3 nitrogen and oxygen atoms in total. The topological polar surface area (TPSA) is 29.9 Å². The average Bonchev–Trinajstić information content (AvgIpc) is 2.81. The lowest BCUT2D eigenvalue weighted by atomic mass is 9.93. The Balaban J connectivity index is 1.73. The van der Waals surface area contributed by atoms with Crippen molar-refractivity contribution in [3.63, 3.8) is 0 Å². The smallest absolute Gasteiger partial charge is 0.0540 e. The summed E-state index contributed by atoms with van der Waals surface area (Å²) < 4.78 is 2.00. The Kier molecular flexibility index (Phi) is 3.58. The van der Waals surface area contributed by atoms with Crippen LogP contribution in [0.4, 0.5) is 0 Å². The Morgan fingerprint density at radius 2 is 2.26 bits per heavy atom. The van der Waals surface area contributed by atoms with Crippen molar-refractivity contribution in [3.05, 3.63) is 52.3 Å². The number of benzene rings is 1. The van der Waals surface area contributed by atoms with Crippen molar-refractivity contribution in [1.82, 2.24) is 15.1 Å². The number of nitrogens with one attached hydrogen (secondary N) is 1. The van der Waals surface area contributed by atoms with Crippen molar-refractivity contribution in [3.8, 4) is 0 Å². The highest BCUT2D eigenvalue weighted by molar-refractivity contribution is 6.31. The van der Waals surface area contributed by atoms with E-state index in [2.05, 4.69) is 16.5 Å². The van der Waals surface area contributed by atoms with E-state index in [1.807, 2.05) is 36.1 Å². The molecule has 1 N–H and O–H groups in total. The van der Waals surface area contributed by atoms with Gasteiger partial charge < -0.3 is 5.32 Å². The van der Waals surface area contributed by atoms with Crippen molar-refractivity contribution in [2.75, 3.05) is 0 Å². The fraction of sp³-hybridized carbons (Fsp3) is 0.400. The Bertz CT molecular complexity index is 577. The van der Waals surface area contributed by atoms with Gasteiger partial charge >= 0.3 is 0 Å². The number of rotatable bonds is 3. The van der Waals surface area contributed by atoms with Crippen LogP contribution in [-0.4, -0.2) is 9.78 Å². The molecule has 4 heteroatoms. The molecule has 1 aliphatic carbocycles. The molecule has 0 aliphatic heterocycles. The van der Waals surface area contributed by atoms with Gasteiger partial charge in [0.25, 0.3) is 0 Å². The lowest BCUT2D eigenvalue weighted by molar-refractivity contribution is 0.452. The van der Waals surface area contributed by atoms with Gasteiger partial charge in [-0.15, -0.1) is 0 Å². The zero-order chi connectivity index (χ0) is 13.2. The second-order valence-electron chi connectivity index (χ2n) is 5.09. The van der Waals surface area contributed by atoms with Crippen molar-refractivity contribution in [1.29, 1.82) is 0 Å². The van der Waals surface area contributed by atoms with Gasteiger partial charge in [0.1, 0.15) is 0 Å². The second kappa shape index (κ2) is 5.35. The van der Waals surface area contributed by atoms with Crippen LogP contribution in [0, 0.1) is 0 Å². The number of hydrogen-bond acceptors (Lipinski definition) is 2. The lowest BCUT2D eigenvalue weighted by Gasteiger charge is -2.24. The molecule has 19 heavy (non-hydrogen) atoms. The van der Waals surface area contributed by atoms with Crippen LogP contribution < -0.4 is 5.32 Å². The molecule has 0 amide bonds. The predicted molar refractivity (Wildman–Crippen MR) is 77.2 cm³/mol. The summed E-state index contributed by atoms with van der Waals surface area (Å²) in [5.74, 6) is 0. The summed E-state index contributed by atoms with van der Waals surface area (Å²) in [6.45, 7) is 0.804. The van der Waals surface area contributed by atoms with Crippen molar-refractivity contribution >= 4 is 11.6 Å². The highest BCUT2D eigenvalue weighted by Gasteiger charge is 2.22. The minimum atomic E-state index is 0.397. The molecule has 1 aromatic heterocycles. The average molecular weight is 276 g/mol. The molecule has 1 unspecified atom stereocenters. The monoisotopic (exact) mass is 275 g/mol. The van der Waals surface area contributed by atoms with Crippen LogP contribution in [0.15, 0.2) is 30.5 Å². The number of aryl methyl sites for hydroxylation is 1. The van der Waals surface area contributed by atoms with E-state index in [9.17, 15) is 0 Å². The molecule has 3 rings (SSSR count). The summed E-state index contributed by atoms with van der Waals surface area (Å²) in [7, 11) is 2.02. The van der Waals surface area contributed by atoms with Gasteiger partial charge in [-0.05, 0) is 30.9 Å². The number of hydrogen-bond donors (Lipinski definition) is 1. The molecule has 0 fully saturated rings. The summed E-state index contributed by atoms with van der Waals surface area (Å²) in [5, 5.41) is 8.81. The predicted octanol–water partition coefficient (Wildman–Crippen LogP) is 3.24. The summed E-state index contributed by atoms with van der Waals surface area (Å²) in [6, 6.07) is 8.40. The Hall–Kier alpha value is -1.32. The molecule has 100 valence electrons. The number of fused-ring (bicyclic) bond motifs is 1. The lowest BCUT2D eigenvalue weighted by Crippen LogP contribution is -2.25. The van der Waals surface area contributed by atoms with Gasteiger partial charge in [-0.2, -0.15) is 5.10 Å². The van der Waals surface area contributed by atoms with Crippen LogP contribution in [-0.2, 0) is 20.0 Å². The molecule has 1 atom stereocenters. The molecule has 1 aromatic carbocycles. The molecule has 0 spiro atoms. The van der Waals surface area contributed by atoms with E-state index < -0.39 is 0 Å². The van der Waals surface area contributed by atoms with Gasteiger partial charge in [0.15, 0.2) is 0 Å². The third-order valence-electron chi connectivity index (χ3n) is 3.87. The SMILES string of the molecule is Cn1ncc2c1CCCC2NCc1ccccc1Cl. The summed E-state index contributed by atoms with van der Waals surface area (Å²) in [5.41, 5.74) is 3.86. The first kappa shape index (κ1) is 12.7. The summed E-state index contributed by atoms with van der Waals surface area (Å²) in [6.07, 6.45) is 5.52. The third-order valence-corrected chi connectivity index (χ3v) is 4.24. The molecular weight excluding hydrogens is 258 g/mol. The fourth-order valence-corrected chi connectivity index (χ4v) is 3.00. The van der Waals surface area contributed by atoms with Crippen LogP contribution in [0.5, 0.6) is 0 Å². The summed E-state index contributed by atoms with van der Waals surface area (Å²) >= 11 is 6.19. The van der Waals surface area contributed by atoms with Gasteiger partial charge in [-0.25, -0.2) is 0 Å². The van der Waals surface area contributed by atoms with Crippen LogP contribution in [0.3, 0.4) is 0 Å². The van der Waals surface area contributed by atoms with E-state index in [0.29, 0.717) is 6.04 Å². The van der Waals surface area contributed by atoms with Gasteiger partial charge in [0.2, 0.25) is 0 Å². The number of nitrogens with zero attached hydrogens (tertiary/aromatic N) is 2. The summed E-state index contributed by atoms with van der Waals surface area (Å²) in [4.78, 5) is 0. The molecule has 0 radical (unpaired) electrons. The van der Waals surface area contributed by atoms with Crippen LogP contribution >= 0.6 is 11.6 Å². The van der Waals surface area contributed by atoms with E-state index >= 15 is 0 Å². The zero-order valence-electron chi connectivity index (χ0n) is 11.1. The highest BCUT2D eigenvalue weighted by Crippen LogP contribution is 2.29. The first-order valence-corrected chi connectivity index (χ1v) is 7.11. The first-order valence-electron chi connectivity index (χ1n) is 6.73. The van der Waals surface area contributed by atoms with Gasteiger partial charge in [0.05, 0.1) is 6.20 Å². The standard InChI is InChI=1S/C15H18ClN3/c1-19-15-8-4-7-14(12(15)10-18-19)17-9-11-5-2-3-6-13(11)16/h2-3,5-6,10,14,17H,4,7-9H2,1H3.